The maximum absolute atomic E-state index is 2.27. The molecule has 0 aromatic carbocycles. The molecule has 0 nitrogen and oxygen atoms in total. The normalized spacial score (nSPS) is 25.9. The van der Waals surface area contributed by atoms with Gasteiger partial charge >= 0.3 is 0 Å². The Morgan fingerprint density at radius 1 is 0.412 bits per heavy atom. The Hall–Kier alpha value is 0.880. The van der Waals surface area contributed by atoms with Crippen molar-refractivity contribution in [3.8, 4) is 0 Å². The third kappa shape index (κ3) is 11.7. The topological polar surface area (TPSA) is 0 Å². The molecule has 0 aromatic rings. The Morgan fingerprint density at radius 3 is 1.18 bits per heavy atom. The smallest absolute Gasteiger partial charge is 0.00178 e. The van der Waals surface area contributed by atoms with Crippen LogP contribution in [0.25, 0.3) is 0 Å². The third-order valence-electron chi connectivity index (χ3n) is 2.29. The molecule has 1 aliphatic rings. The number of rotatable bonds is 0. The van der Waals surface area contributed by atoms with Crippen LogP contribution in [0.5, 0.6) is 0 Å². The van der Waals surface area contributed by atoms with Crippen LogP contribution in [0.1, 0.15) is 32.1 Å². The molecule has 0 radical (unpaired) electrons. The van der Waals surface area contributed by atoms with Gasteiger partial charge in [-0.3, -0.25) is 0 Å². The second kappa shape index (κ2) is 13.3. The van der Waals surface area contributed by atoms with Crippen molar-refractivity contribution in [1.82, 2.24) is 0 Å². The summed E-state index contributed by atoms with van der Waals surface area (Å²) in [5.41, 5.74) is 0. The second-order valence-corrected chi connectivity index (χ2v) is 7.85. The standard InChI is InChI=1S/C13H22S4/c1-2-4-7-15-11-13-17-9-5-8-16-12-10-14-6-3-1/h10-13H,1-9H2/b12-10-,13-11-. The van der Waals surface area contributed by atoms with Gasteiger partial charge < -0.3 is 0 Å². The van der Waals surface area contributed by atoms with Crippen molar-refractivity contribution in [3.05, 3.63) is 21.6 Å². The zero-order valence-electron chi connectivity index (χ0n) is 10.3. The first-order chi connectivity index (χ1) is 8.50. The average molecular weight is 307 g/mol. The van der Waals surface area contributed by atoms with Gasteiger partial charge in [-0.1, -0.05) is 12.8 Å². The van der Waals surface area contributed by atoms with E-state index in [0.29, 0.717) is 0 Å². The minimum absolute atomic E-state index is 1.26. The molecule has 0 aliphatic carbocycles. The molecule has 0 atom stereocenters. The van der Waals surface area contributed by atoms with Crippen LogP contribution in [0.3, 0.4) is 0 Å². The predicted octanol–water partition coefficient (Wildman–Crippen LogP) is 5.83. The molecule has 0 bridgehead atoms. The lowest BCUT2D eigenvalue weighted by Crippen LogP contribution is -1.82. The molecule has 17 heavy (non-hydrogen) atoms. The first-order valence-corrected chi connectivity index (χ1v) is 10.5. The Labute approximate surface area is 123 Å². The first-order valence-electron chi connectivity index (χ1n) is 6.26. The van der Waals surface area contributed by atoms with Gasteiger partial charge in [0.25, 0.3) is 0 Å². The molecule has 0 saturated carbocycles. The Balaban J connectivity index is 2.13. The lowest BCUT2D eigenvalue weighted by atomic mass is 10.2. The Kier molecular flexibility index (Phi) is 12.5. The van der Waals surface area contributed by atoms with E-state index < -0.39 is 0 Å². The molecule has 98 valence electrons. The zero-order chi connectivity index (χ0) is 12.0. The van der Waals surface area contributed by atoms with Gasteiger partial charge in [-0.2, -0.15) is 0 Å². The second-order valence-electron chi connectivity index (χ2n) is 3.80. The van der Waals surface area contributed by atoms with Crippen molar-refractivity contribution >= 4 is 47.0 Å². The van der Waals surface area contributed by atoms with E-state index in [1.807, 2.05) is 47.0 Å². The highest BCUT2D eigenvalue weighted by molar-refractivity contribution is 8.06. The molecule has 1 rings (SSSR count). The summed E-state index contributed by atoms with van der Waals surface area (Å²) in [7, 11) is 0. The van der Waals surface area contributed by atoms with Crippen LogP contribution in [0.4, 0.5) is 0 Å². The number of thioether (sulfide) groups is 4. The lowest BCUT2D eigenvalue weighted by molar-refractivity contribution is 0.712. The summed E-state index contributed by atoms with van der Waals surface area (Å²) >= 11 is 7.84. The van der Waals surface area contributed by atoms with E-state index in [1.165, 1.54) is 55.1 Å². The molecular formula is C13H22S4. The van der Waals surface area contributed by atoms with Crippen LogP contribution in [-0.2, 0) is 0 Å². The SMILES string of the molecule is C1=C\SCCCS/C=C\SCCCCCCS/1. The molecule has 0 fully saturated rings. The molecule has 4 heteroatoms. The average Bonchev–Trinajstić information content (AvgIpc) is 2.35. The van der Waals surface area contributed by atoms with Crippen molar-refractivity contribution in [2.75, 3.05) is 23.0 Å². The van der Waals surface area contributed by atoms with E-state index in [-0.39, 0.29) is 0 Å². The minimum Gasteiger partial charge on any atom is -0.134 e. The lowest BCUT2D eigenvalue weighted by Gasteiger charge is -1.98. The van der Waals surface area contributed by atoms with Crippen molar-refractivity contribution < 1.29 is 0 Å². The summed E-state index contributed by atoms with van der Waals surface area (Å²) in [6.07, 6.45) is 6.84. The van der Waals surface area contributed by atoms with Crippen LogP contribution >= 0.6 is 47.0 Å². The van der Waals surface area contributed by atoms with Crippen molar-refractivity contribution in [1.29, 1.82) is 0 Å². The van der Waals surface area contributed by atoms with E-state index in [0.717, 1.165) is 0 Å². The van der Waals surface area contributed by atoms with Crippen LogP contribution in [0.2, 0.25) is 0 Å². The fraction of sp³-hybridized carbons (Fsp3) is 0.692. The van der Waals surface area contributed by atoms with Gasteiger partial charge in [0.15, 0.2) is 0 Å². The van der Waals surface area contributed by atoms with Gasteiger partial charge in [0.05, 0.1) is 0 Å². The maximum Gasteiger partial charge on any atom is -0.00178 e. The highest BCUT2D eigenvalue weighted by Gasteiger charge is 1.91. The summed E-state index contributed by atoms with van der Waals surface area (Å²) in [5, 5.41) is 9.07. The highest BCUT2D eigenvalue weighted by atomic mass is 32.2. The fourth-order valence-corrected chi connectivity index (χ4v) is 4.73. The minimum atomic E-state index is 1.26. The van der Waals surface area contributed by atoms with Crippen molar-refractivity contribution in [2.24, 2.45) is 0 Å². The van der Waals surface area contributed by atoms with Gasteiger partial charge in [-0.25, -0.2) is 0 Å². The van der Waals surface area contributed by atoms with Gasteiger partial charge in [-0.05, 0) is 63.9 Å². The molecular weight excluding hydrogens is 284 g/mol. The maximum atomic E-state index is 2.27. The molecule has 0 aromatic heterocycles. The van der Waals surface area contributed by atoms with Crippen LogP contribution in [-0.4, -0.2) is 23.0 Å². The summed E-state index contributed by atoms with van der Waals surface area (Å²) in [6, 6.07) is 0. The summed E-state index contributed by atoms with van der Waals surface area (Å²) in [6.45, 7) is 0. The first kappa shape index (κ1) is 15.9. The summed E-state index contributed by atoms with van der Waals surface area (Å²) in [4.78, 5) is 0. The number of hydrogen-bond acceptors (Lipinski definition) is 4. The predicted molar refractivity (Wildman–Crippen MR) is 91.2 cm³/mol. The van der Waals surface area contributed by atoms with Crippen molar-refractivity contribution in [2.45, 2.75) is 32.1 Å². The molecule has 1 heterocycles. The van der Waals surface area contributed by atoms with E-state index in [2.05, 4.69) is 21.6 Å². The van der Waals surface area contributed by atoms with Gasteiger partial charge in [-0.15, -0.1) is 47.0 Å². The molecule has 0 unspecified atom stereocenters. The van der Waals surface area contributed by atoms with E-state index in [9.17, 15) is 0 Å². The summed E-state index contributed by atoms with van der Waals surface area (Å²) in [5.74, 6) is 5.09. The quantitative estimate of drug-likeness (QED) is 0.552. The monoisotopic (exact) mass is 306 g/mol. The van der Waals surface area contributed by atoms with Gasteiger partial charge in [0.2, 0.25) is 0 Å². The van der Waals surface area contributed by atoms with Crippen LogP contribution < -0.4 is 0 Å². The summed E-state index contributed by atoms with van der Waals surface area (Å²) < 4.78 is 0. The van der Waals surface area contributed by atoms with E-state index in [1.54, 1.807) is 0 Å². The van der Waals surface area contributed by atoms with Crippen LogP contribution in [0, 0.1) is 0 Å². The highest BCUT2D eigenvalue weighted by Crippen LogP contribution is 2.17. The molecule has 0 amide bonds. The van der Waals surface area contributed by atoms with Gasteiger partial charge in [0.1, 0.15) is 0 Å². The molecule has 0 N–H and O–H groups in total. The largest absolute Gasteiger partial charge is 0.134 e. The zero-order valence-corrected chi connectivity index (χ0v) is 13.6. The van der Waals surface area contributed by atoms with E-state index >= 15 is 0 Å². The Bertz CT molecular complexity index is 191. The van der Waals surface area contributed by atoms with Crippen molar-refractivity contribution in [3.63, 3.8) is 0 Å². The van der Waals surface area contributed by atoms with Gasteiger partial charge in [0, 0.05) is 0 Å². The molecule has 0 spiro atoms. The van der Waals surface area contributed by atoms with Crippen LogP contribution in [0.15, 0.2) is 21.6 Å². The number of hydrogen-bond donors (Lipinski definition) is 0. The van der Waals surface area contributed by atoms with E-state index in [4.69, 9.17) is 0 Å². The molecule has 1 aliphatic heterocycles. The third-order valence-corrected chi connectivity index (χ3v) is 6.05. The Morgan fingerprint density at radius 2 is 0.765 bits per heavy atom. The molecule has 0 saturated heterocycles. The fourth-order valence-electron chi connectivity index (χ4n) is 1.38.